The Kier molecular flexibility index (Phi) is 12.9. The van der Waals surface area contributed by atoms with Gasteiger partial charge < -0.3 is 28.4 Å². The molecular weight excluding hydrogens is 627 g/mol. The number of halogens is 2. The van der Waals surface area contributed by atoms with Crippen LogP contribution in [-0.4, -0.2) is 80.3 Å². The zero-order valence-corrected chi connectivity index (χ0v) is 24.4. The molecule has 0 saturated heterocycles. The second kappa shape index (κ2) is 15.6. The maximum Gasteiger partial charge on any atom is 0.0701 e. The Morgan fingerprint density at radius 1 is 0.629 bits per heavy atom. The largest absolute Gasteiger partial charge is 0.382 e. The minimum atomic E-state index is -0.177. The molecule has 0 radical (unpaired) electrons. The normalized spacial score (nSPS) is 13.7. The monoisotopic (exact) mass is 662 g/mol. The number of ether oxygens (including phenoxy) is 6. The number of hydrogen-bond donors (Lipinski definition) is 0. The number of rotatable bonds is 18. The Labute approximate surface area is 231 Å². The van der Waals surface area contributed by atoms with Gasteiger partial charge in [0.25, 0.3) is 0 Å². The summed E-state index contributed by atoms with van der Waals surface area (Å²) in [4.78, 5) is 0. The number of benzene rings is 2. The van der Waals surface area contributed by atoms with Crippen molar-refractivity contribution in [3.63, 3.8) is 0 Å². The van der Waals surface area contributed by atoms with Gasteiger partial charge in [0.1, 0.15) is 0 Å². The third-order valence-electron chi connectivity index (χ3n) is 6.24. The third-order valence-corrected chi connectivity index (χ3v) is 7.40. The zero-order valence-electron chi connectivity index (χ0n) is 20.7. The highest BCUT2D eigenvalue weighted by atomic mass is 127. The van der Waals surface area contributed by atoms with Gasteiger partial charge in [-0.1, -0.05) is 28.1 Å². The van der Waals surface area contributed by atoms with Gasteiger partial charge in [-0.2, -0.15) is 0 Å². The molecule has 194 valence electrons. The Hall–Kier alpha value is -0.590. The van der Waals surface area contributed by atoms with Crippen molar-refractivity contribution in [1.29, 1.82) is 0 Å². The van der Waals surface area contributed by atoms with E-state index in [1.807, 2.05) is 0 Å². The van der Waals surface area contributed by atoms with Gasteiger partial charge in [0.05, 0.1) is 52.9 Å². The molecule has 2 aromatic carbocycles. The van der Waals surface area contributed by atoms with Crippen LogP contribution in [0, 0.1) is 3.57 Å². The van der Waals surface area contributed by atoms with Crippen molar-refractivity contribution in [2.75, 3.05) is 80.3 Å². The predicted octanol–water partition coefficient (Wildman–Crippen LogP) is 5.46. The molecule has 0 spiro atoms. The molecule has 3 rings (SSSR count). The van der Waals surface area contributed by atoms with Crippen molar-refractivity contribution in [3.8, 4) is 11.1 Å². The average molecular weight is 663 g/mol. The Bertz CT molecular complexity index is 836. The van der Waals surface area contributed by atoms with E-state index < -0.39 is 0 Å². The summed E-state index contributed by atoms with van der Waals surface area (Å²) in [5.41, 5.74) is 5.12. The maximum absolute atomic E-state index is 6.02. The second-order valence-corrected chi connectivity index (χ2v) is 10.6. The molecule has 35 heavy (non-hydrogen) atoms. The zero-order chi connectivity index (χ0) is 24.9. The van der Waals surface area contributed by atoms with Crippen LogP contribution in [0.4, 0.5) is 0 Å². The SMILES string of the molecule is COCCOCCOCCC1(CCOCCOCCOC)c2cc(Br)ccc2-c2ccc(I)cc21. The van der Waals surface area contributed by atoms with E-state index in [1.54, 1.807) is 14.2 Å². The standard InChI is InChI=1S/C27H36BrIO6/c1-30-11-13-34-17-15-32-9-7-27(8-10-33-16-18-35-14-12-31-2)25-19-21(28)3-5-23(25)24-6-4-22(29)20-26(24)27/h3-6,19-20H,7-18H2,1-2H3. The van der Waals surface area contributed by atoms with Crippen LogP contribution >= 0.6 is 38.5 Å². The Morgan fingerprint density at radius 2 is 1.09 bits per heavy atom. The first-order chi connectivity index (χ1) is 17.1. The fraction of sp³-hybridized carbons (Fsp3) is 0.556. The number of hydrogen-bond acceptors (Lipinski definition) is 6. The lowest BCUT2D eigenvalue weighted by Crippen LogP contribution is -2.30. The van der Waals surface area contributed by atoms with Crippen molar-refractivity contribution >= 4 is 38.5 Å². The van der Waals surface area contributed by atoms with Gasteiger partial charge in [0.15, 0.2) is 0 Å². The number of fused-ring (bicyclic) bond motifs is 3. The van der Waals surface area contributed by atoms with Gasteiger partial charge >= 0.3 is 0 Å². The minimum absolute atomic E-state index is 0.177. The van der Waals surface area contributed by atoms with Crippen LogP contribution in [-0.2, 0) is 33.8 Å². The summed E-state index contributed by atoms with van der Waals surface area (Å²) < 4.78 is 35.5. The highest BCUT2D eigenvalue weighted by Gasteiger charge is 2.43. The van der Waals surface area contributed by atoms with E-state index in [2.05, 4.69) is 74.9 Å². The van der Waals surface area contributed by atoms with Crippen molar-refractivity contribution in [3.05, 3.63) is 55.6 Å². The van der Waals surface area contributed by atoms with Gasteiger partial charge in [-0.3, -0.25) is 0 Å². The van der Waals surface area contributed by atoms with E-state index in [9.17, 15) is 0 Å². The predicted molar refractivity (Wildman–Crippen MR) is 149 cm³/mol. The van der Waals surface area contributed by atoms with Gasteiger partial charge in [0.2, 0.25) is 0 Å². The fourth-order valence-corrected chi connectivity index (χ4v) is 5.38. The lowest BCUT2D eigenvalue weighted by atomic mass is 9.73. The third kappa shape index (κ3) is 8.20. The van der Waals surface area contributed by atoms with Crippen molar-refractivity contribution in [1.82, 2.24) is 0 Å². The molecule has 0 aliphatic heterocycles. The quantitative estimate of drug-likeness (QED) is 0.156. The summed E-state index contributed by atoms with van der Waals surface area (Å²) in [5, 5.41) is 0. The fourth-order valence-electron chi connectivity index (χ4n) is 4.52. The van der Waals surface area contributed by atoms with Gasteiger partial charge in [0, 0.05) is 40.9 Å². The molecule has 2 aromatic rings. The van der Waals surface area contributed by atoms with Crippen molar-refractivity contribution < 1.29 is 28.4 Å². The summed E-state index contributed by atoms with van der Waals surface area (Å²) in [6.45, 7) is 5.93. The number of methoxy groups -OCH3 is 2. The molecule has 0 amide bonds. The summed E-state index contributed by atoms with van der Waals surface area (Å²) in [7, 11) is 3.35. The van der Waals surface area contributed by atoms with Crippen molar-refractivity contribution in [2.45, 2.75) is 18.3 Å². The van der Waals surface area contributed by atoms with E-state index in [1.165, 1.54) is 25.8 Å². The van der Waals surface area contributed by atoms with Crippen molar-refractivity contribution in [2.24, 2.45) is 0 Å². The summed E-state index contributed by atoms with van der Waals surface area (Å²) >= 11 is 6.11. The van der Waals surface area contributed by atoms with Gasteiger partial charge in [-0.25, -0.2) is 0 Å². The van der Waals surface area contributed by atoms with Crippen LogP contribution in [0.3, 0.4) is 0 Å². The molecule has 1 aliphatic carbocycles. The molecule has 0 bridgehead atoms. The Balaban J connectivity index is 1.70. The first-order valence-corrected chi connectivity index (χ1v) is 13.9. The first-order valence-electron chi connectivity index (χ1n) is 12.0. The lowest BCUT2D eigenvalue weighted by Gasteiger charge is -2.32. The van der Waals surface area contributed by atoms with E-state index in [4.69, 9.17) is 28.4 Å². The topological polar surface area (TPSA) is 55.4 Å². The molecule has 1 aliphatic rings. The summed E-state index contributed by atoms with van der Waals surface area (Å²) in [5.74, 6) is 0. The van der Waals surface area contributed by atoms with E-state index in [0.29, 0.717) is 66.1 Å². The van der Waals surface area contributed by atoms with E-state index in [0.717, 1.165) is 17.3 Å². The van der Waals surface area contributed by atoms with E-state index in [-0.39, 0.29) is 5.41 Å². The molecular formula is C27H36BrIO6. The van der Waals surface area contributed by atoms with Crippen LogP contribution in [0.2, 0.25) is 0 Å². The van der Waals surface area contributed by atoms with Crippen LogP contribution in [0.25, 0.3) is 11.1 Å². The molecule has 0 N–H and O–H groups in total. The molecule has 0 saturated carbocycles. The van der Waals surface area contributed by atoms with Gasteiger partial charge in [-0.15, -0.1) is 0 Å². The lowest BCUT2D eigenvalue weighted by molar-refractivity contribution is 0.0145. The summed E-state index contributed by atoms with van der Waals surface area (Å²) in [6.07, 6.45) is 1.74. The molecule has 8 heteroatoms. The highest BCUT2D eigenvalue weighted by molar-refractivity contribution is 14.1. The van der Waals surface area contributed by atoms with Crippen LogP contribution < -0.4 is 0 Å². The first kappa shape index (κ1) is 29.0. The van der Waals surface area contributed by atoms with Crippen LogP contribution in [0.5, 0.6) is 0 Å². The van der Waals surface area contributed by atoms with E-state index >= 15 is 0 Å². The molecule has 0 unspecified atom stereocenters. The van der Waals surface area contributed by atoms with Crippen LogP contribution in [0.1, 0.15) is 24.0 Å². The van der Waals surface area contributed by atoms with Gasteiger partial charge in [-0.05, 0) is 82.0 Å². The molecule has 6 nitrogen and oxygen atoms in total. The molecule has 0 aromatic heterocycles. The second-order valence-electron chi connectivity index (χ2n) is 8.40. The highest BCUT2D eigenvalue weighted by Crippen LogP contribution is 2.53. The molecule has 0 atom stereocenters. The molecule has 0 fully saturated rings. The van der Waals surface area contributed by atoms with Crippen LogP contribution in [0.15, 0.2) is 40.9 Å². The maximum atomic E-state index is 6.02. The Morgan fingerprint density at radius 3 is 1.63 bits per heavy atom. The smallest absolute Gasteiger partial charge is 0.0701 e. The average Bonchev–Trinajstić information content (AvgIpc) is 3.11. The molecule has 0 heterocycles. The summed E-state index contributed by atoms with van der Waals surface area (Å²) in [6, 6.07) is 13.4. The minimum Gasteiger partial charge on any atom is -0.382 e.